The third-order valence-electron chi connectivity index (χ3n) is 5.67. The quantitative estimate of drug-likeness (QED) is 0.0439. The number of aromatic nitrogens is 6. The number of aromatic amines is 2. The van der Waals surface area contributed by atoms with Gasteiger partial charge in [-0.2, -0.15) is 13.6 Å². The third-order valence-corrected chi connectivity index (χ3v) is 9.47. The number of nitrogens with zero attached hydrogens (tertiary/aromatic N) is 7. The molecule has 0 aromatic carbocycles. The van der Waals surface area contributed by atoms with Gasteiger partial charge < -0.3 is 35.0 Å². The molecule has 0 radical (unpaired) electrons. The minimum absolute atomic E-state index is 0.00975. The summed E-state index contributed by atoms with van der Waals surface area (Å²) in [6, 6.07) is 0. The maximum absolute atomic E-state index is 13.1. The molecule has 4 heterocycles. The van der Waals surface area contributed by atoms with Crippen LogP contribution in [0.1, 0.15) is 35.3 Å². The smallest absolute Gasteiger partial charge is 0.369 e. The number of azide groups is 1. The molecule has 5 atom stereocenters. The lowest BCUT2D eigenvalue weighted by Gasteiger charge is -2.21. The van der Waals surface area contributed by atoms with E-state index in [1.165, 1.54) is 17.2 Å². The van der Waals surface area contributed by atoms with Crippen molar-refractivity contribution in [1.82, 2.24) is 29.5 Å². The van der Waals surface area contributed by atoms with Gasteiger partial charge in [-0.3, -0.25) is 23.7 Å². The average Bonchev–Trinajstić information content (AvgIpc) is 3.57. The van der Waals surface area contributed by atoms with E-state index in [-0.39, 0.29) is 47.9 Å². The van der Waals surface area contributed by atoms with Gasteiger partial charge in [0.1, 0.15) is 11.9 Å². The van der Waals surface area contributed by atoms with Crippen LogP contribution < -0.4 is 11.3 Å². The van der Waals surface area contributed by atoms with Crippen LogP contribution in [0, 0.1) is 5.92 Å². The van der Waals surface area contributed by atoms with Crippen LogP contribution in [0.3, 0.4) is 0 Å². The number of Topliss-reactive ketones (excluding diaryl/α,β-unsaturated/α-hetero) is 1. The van der Waals surface area contributed by atoms with Gasteiger partial charge in [-0.05, 0) is 17.9 Å². The number of carbonyl (C=O) groups excluding carboxylic acids is 1. The van der Waals surface area contributed by atoms with Crippen LogP contribution in [0.15, 0.2) is 22.6 Å². The number of hydrogen-bond donors (Lipinski definition) is 7. The van der Waals surface area contributed by atoms with Crippen molar-refractivity contribution in [3.05, 3.63) is 44.8 Å². The monoisotopic (exact) mass is 654 g/mol. The number of fused-ring (bicyclic) bond motifs is 1. The number of phosphoric ester groups is 1. The van der Waals surface area contributed by atoms with Crippen molar-refractivity contribution in [2.75, 3.05) is 12.3 Å². The molecule has 3 unspecified atom stereocenters. The van der Waals surface area contributed by atoms with Crippen molar-refractivity contribution < 1.29 is 55.9 Å². The Bertz CT molecular complexity index is 1740. The minimum atomic E-state index is -5.78. The van der Waals surface area contributed by atoms with E-state index in [0.29, 0.717) is 0 Å². The fourth-order valence-corrected chi connectivity index (χ4v) is 7.13. The van der Waals surface area contributed by atoms with Gasteiger partial charge in [0, 0.05) is 11.3 Å². The van der Waals surface area contributed by atoms with Crippen molar-refractivity contribution in [2.24, 2.45) is 11.0 Å². The zero-order valence-corrected chi connectivity index (χ0v) is 23.4. The summed E-state index contributed by atoms with van der Waals surface area (Å²) >= 11 is 0. The Morgan fingerprint density at radius 1 is 1.24 bits per heavy atom. The number of ether oxygens (including phenoxy) is 1. The second-order valence-corrected chi connectivity index (χ2v) is 12.9. The standard InChI is InChI=1S/C16H21N10O13P3/c17-16-23-14-13(15(28)24-16)21-6-26(14)11-2-7(1-9(27)12-8(3-22-25-18)19-5-20-12)10(37-11)4-36-41(32,33)39-42(34,35)38-40(29,30)31/h5-7,10-11H,1-4H2,(H,19,20)(H,32,33)(H,34,35)(H2,29,30,31)(H3,17,23,24,28)/t7?,10-,11-/m1/s1. The molecule has 0 saturated carbocycles. The van der Waals surface area contributed by atoms with E-state index in [1.54, 1.807) is 0 Å². The number of imidazole rings is 2. The molecule has 26 heteroatoms. The lowest BCUT2D eigenvalue weighted by Crippen LogP contribution is -2.25. The van der Waals surface area contributed by atoms with Gasteiger partial charge in [0.2, 0.25) is 5.95 Å². The predicted octanol–water partition coefficient (Wildman–Crippen LogP) is 0.755. The van der Waals surface area contributed by atoms with Crippen molar-refractivity contribution in [3.63, 3.8) is 0 Å². The van der Waals surface area contributed by atoms with Gasteiger partial charge in [-0.25, -0.2) is 23.7 Å². The number of phosphoric acid groups is 3. The molecule has 1 saturated heterocycles. The molecule has 3 aromatic rings. The number of ketones is 1. The van der Waals surface area contributed by atoms with Crippen LogP contribution in [0.4, 0.5) is 5.95 Å². The molecule has 228 valence electrons. The van der Waals surface area contributed by atoms with Gasteiger partial charge >= 0.3 is 23.5 Å². The molecule has 0 spiro atoms. The van der Waals surface area contributed by atoms with Crippen molar-refractivity contribution in [2.45, 2.75) is 31.7 Å². The topological polar surface area (TPSA) is 353 Å². The summed E-state index contributed by atoms with van der Waals surface area (Å²) in [6.45, 7) is -1.08. The predicted molar refractivity (Wildman–Crippen MR) is 135 cm³/mol. The molecular formula is C16H21N10O13P3. The van der Waals surface area contributed by atoms with Gasteiger partial charge in [-0.1, -0.05) is 5.11 Å². The van der Waals surface area contributed by atoms with Crippen LogP contribution in [0.5, 0.6) is 0 Å². The van der Waals surface area contributed by atoms with Crippen LogP contribution >= 0.6 is 23.5 Å². The highest BCUT2D eigenvalue weighted by Crippen LogP contribution is 2.66. The van der Waals surface area contributed by atoms with E-state index >= 15 is 0 Å². The van der Waals surface area contributed by atoms with Gasteiger partial charge in [0.05, 0.1) is 37.6 Å². The summed E-state index contributed by atoms with van der Waals surface area (Å²) in [5.74, 6) is -1.56. The van der Waals surface area contributed by atoms with E-state index in [9.17, 15) is 33.1 Å². The molecule has 0 amide bonds. The Morgan fingerprint density at radius 2 is 1.98 bits per heavy atom. The summed E-state index contributed by atoms with van der Waals surface area (Å²) in [5.41, 5.74) is 13.7. The summed E-state index contributed by atoms with van der Waals surface area (Å²) in [4.78, 5) is 81.5. The first-order valence-electron chi connectivity index (χ1n) is 11.3. The van der Waals surface area contributed by atoms with Crippen LogP contribution in [0.2, 0.25) is 0 Å². The van der Waals surface area contributed by atoms with Gasteiger partial charge in [-0.15, -0.1) is 0 Å². The average molecular weight is 654 g/mol. The van der Waals surface area contributed by atoms with Gasteiger partial charge in [0.15, 0.2) is 16.9 Å². The lowest BCUT2D eigenvalue weighted by molar-refractivity contribution is -0.0287. The molecule has 0 bridgehead atoms. The van der Waals surface area contributed by atoms with Crippen molar-refractivity contribution in [1.29, 1.82) is 0 Å². The number of nitrogens with one attached hydrogen (secondary N) is 2. The second-order valence-electron chi connectivity index (χ2n) is 8.53. The number of nitrogen functional groups attached to an aromatic ring is 1. The fraction of sp³-hybridized carbons (Fsp3) is 0.438. The van der Waals surface area contributed by atoms with Gasteiger partial charge in [0.25, 0.3) is 5.56 Å². The number of carbonyl (C=O) groups is 1. The maximum atomic E-state index is 13.1. The van der Waals surface area contributed by atoms with Crippen LogP contribution in [0.25, 0.3) is 21.6 Å². The third kappa shape index (κ3) is 7.75. The van der Waals surface area contributed by atoms with E-state index in [1.807, 2.05) is 0 Å². The molecule has 4 rings (SSSR count). The van der Waals surface area contributed by atoms with E-state index in [0.717, 1.165) is 0 Å². The highest BCUT2D eigenvalue weighted by Gasteiger charge is 2.44. The molecule has 1 fully saturated rings. The first kappa shape index (κ1) is 31.6. The largest absolute Gasteiger partial charge is 0.490 e. The Morgan fingerprint density at radius 3 is 2.67 bits per heavy atom. The van der Waals surface area contributed by atoms with E-state index < -0.39 is 59.7 Å². The zero-order valence-electron chi connectivity index (χ0n) is 20.7. The lowest BCUT2D eigenvalue weighted by atomic mass is 9.93. The first-order valence-corrected chi connectivity index (χ1v) is 15.8. The fourth-order valence-electron chi connectivity index (χ4n) is 4.10. The molecule has 42 heavy (non-hydrogen) atoms. The number of rotatable bonds is 13. The summed E-state index contributed by atoms with van der Waals surface area (Å²) in [5, 5.41) is 3.37. The Balaban J connectivity index is 1.57. The Labute approximate surface area is 232 Å². The first-order chi connectivity index (χ1) is 19.6. The van der Waals surface area contributed by atoms with Crippen LogP contribution in [-0.2, 0) is 38.1 Å². The number of nitrogens with two attached hydrogens (primary N) is 1. The highest BCUT2D eigenvalue weighted by atomic mass is 31.3. The molecule has 1 aliphatic heterocycles. The second kappa shape index (κ2) is 12.1. The maximum Gasteiger partial charge on any atom is 0.490 e. The molecular weight excluding hydrogens is 633 g/mol. The van der Waals surface area contributed by atoms with E-state index in [2.05, 4.69) is 43.6 Å². The molecule has 1 aliphatic rings. The van der Waals surface area contributed by atoms with Crippen LogP contribution in [-0.4, -0.2) is 67.6 Å². The SMILES string of the molecule is [N-]=[N+]=NCc1nc[nH]c1C(=O)CC1C[C@H](n2cnc3c(=O)[nH]c(N)nc32)O[C@@H]1COP(=O)(O)OP(=O)(O)OP(=O)(O)O. The summed E-state index contributed by atoms with van der Waals surface area (Å²) < 4.78 is 54.2. The number of H-pyrrole nitrogens is 2. The Kier molecular flexibility index (Phi) is 9.14. The molecule has 3 aromatic heterocycles. The van der Waals surface area contributed by atoms with Crippen molar-refractivity contribution in [3.8, 4) is 0 Å². The Hall–Kier alpha value is -3.29. The molecule has 8 N–H and O–H groups in total. The van der Waals surface area contributed by atoms with E-state index in [4.69, 9.17) is 30.3 Å². The highest BCUT2D eigenvalue weighted by molar-refractivity contribution is 7.66. The number of hydrogen-bond acceptors (Lipinski definition) is 14. The minimum Gasteiger partial charge on any atom is -0.369 e. The zero-order chi connectivity index (χ0) is 30.9. The summed E-state index contributed by atoms with van der Waals surface area (Å²) in [7, 11) is -16.9. The molecule has 23 nitrogen and oxygen atoms in total. The normalized spacial score (nSPS) is 22.0. The van der Waals surface area contributed by atoms with Crippen molar-refractivity contribution >= 4 is 46.4 Å². The molecule has 0 aliphatic carbocycles. The number of anilines is 1. The summed E-state index contributed by atoms with van der Waals surface area (Å²) in [6.07, 6.45) is -0.0514.